The summed E-state index contributed by atoms with van der Waals surface area (Å²) < 4.78 is 37.0. The molecule has 2 N–H and O–H groups in total. The Hall–Kier alpha value is -2.05. The highest BCUT2D eigenvalue weighted by Gasteiger charge is 2.15. The molecule has 0 saturated carbocycles. The Bertz CT molecular complexity index is 875. The number of phenols is 1. The molecule has 0 bridgehead atoms. The number of benzene rings is 2. The zero-order chi connectivity index (χ0) is 22.5. The van der Waals surface area contributed by atoms with Crippen LogP contribution in [0.2, 0.25) is 0 Å². The fourth-order valence-corrected chi connectivity index (χ4v) is 4.20. The molecule has 0 aliphatic heterocycles. The van der Waals surface area contributed by atoms with Crippen LogP contribution >= 0.6 is 0 Å². The van der Waals surface area contributed by atoms with Crippen molar-refractivity contribution in [2.45, 2.75) is 88.9 Å². The molecule has 0 heterocycles. The number of rotatable bonds is 15. The van der Waals surface area contributed by atoms with Crippen molar-refractivity contribution in [3.05, 3.63) is 48.0 Å². The SMILES string of the molecule is CCCCCCCCCCCCCc1ccc(Oc2ccc(S(=O)(=O)O)c(O)c2)cc1. The van der Waals surface area contributed by atoms with Crippen molar-refractivity contribution in [3.63, 3.8) is 0 Å². The monoisotopic (exact) mass is 448 g/mol. The smallest absolute Gasteiger partial charge is 0.298 e. The average Bonchev–Trinajstić information content (AvgIpc) is 2.72. The summed E-state index contributed by atoms with van der Waals surface area (Å²) >= 11 is 0. The molecular weight excluding hydrogens is 412 g/mol. The Morgan fingerprint density at radius 1 is 0.742 bits per heavy atom. The van der Waals surface area contributed by atoms with E-state index in [9.17, 15) is 13.5 Å². The van der Waals surface area contributed by atoms with Crippen molar-refractivity contribution < 1.29 is 22.8 Å². The van der Waals surface area contributed by atoms with Crippen LogP contribution in [0.15, 0.2) is 47.4 Å². The maximum atomic E-state index is 11.1. The Kier molecular flexibility index (Phi) is 10.9. The second kappa shape index (κ2) is 13.4. The van der Waals surface area contributed by atoms with E-state index in [1.807, 2.05) is 24.3 Å². The van der Waals surface area contributed by atoms with Gasteiger partial charge in [-0.1, -0.05) is 83.3 Å². The van der Waals surface area contributed by atoms with Crippen LogP contribution in [0, 0.1) is 0 Å². The molecule has 0 spiro atoms. The van der Waals surface area contributed by atoms with E-state index in [-0.39, 0.29) is 0 Å². The van der Waals surface area contributed by atoms with E-state index in [4.69, 9.17) is 9.29 Å². The van der Waals surface area contributed by atoms with Crippen LogP contribution in [0.5, 0.6) is 17.2 Å². The summed E-state index contributed by atoms with van der Waals surface area (Å²) in [6, 6.07) is 11.4. The van der Waals surface area contributed by atoms with Gasteiger partial charge in [-0.25, -0.2) is 0 Å². The lowest BCUT2D eigenvalue weighted by molar-refractivity contribution is 0.433. The van der Waals surface area contributed by atoms with E-state index >= 15 is 0 Å². The van der Waals surface area contributed by atoms with E-state index in [0.717, 1.165) is 12.5 Å². The minimum atomic E-state index is -4.46. The summed E-state index contributed by atoms with van der Waals surface area (Å²) in [6.07, 6.45) is 15.7. The first-order valence-electron chi connectivity index (χ1n) is 11.5. The van der Waals surface area contributed by atoms with Gasteiger partial charge in [0.05, 0.1) is 0 Å². The predicted octanol–water partition coefficient (Wildman–Crippen LogP) is 7.28. The van der Waals surface area contributed by atoms with Gasteiger partial charge >= 0.3 is 0 Å². The van der Waals surface area contributed by atoms with Crippen molar-refractivity contribution in [2.24, 2.45) is 0 Å². The molecule has 6 heteroatoms. The number of hydrogen-bond acceptors (Lipinski definition) is 4. The van der Waals surface area contributed by atoms with Gasteiger partial charge in [0.15, 0.2) is 0 Å². The first-order chi connectivity index (χ1) is 14.9. The van der Waals surface area contributed by atoms with Gasteiger partial charge in [0.25, 0.3) is 10.1 Å². The molecule has 0 aliphatic rings. The lowest BCUT2D eigenvalue weighted by atomic mass is 10.0. The van der Waals surface area contributed by atoms with Crippen molar-refractivity contribution in [3.8, 4) is 17.2 Å². The third-order valence-corrected chi connectivity index (χ3v) is 6.34. The first kappa shape index (κ1) is 25.2. The molecule has 31 heavy (non-hydrogen) atoms. The second-order valence-electron chi connectivity index (χ2n) is 8.14. The van der Waals surface area contributed by atoms with E-state index in [0.29, 0.717) is 11.5 Å². The zero-order valence-electron chi connectivity index (χ0n) is 18.6. The third-order valence-electron chi connectivity index (χ3n) is 5.44. The van der Waals surface area contributed by atoms with Crippen LogP contribution < -0.4 is 4.74 Å². The van der Waals surface area contributed by atoms with Crippen LogP contribution in [-0.2, 0) is 16.5 Å². The van der Waals surface area contributed by atoms with Crippen LogP contribution in [0.3, 0.4) is 0 Å². The van der Waals surface area contributed by atoms with Gasteiger partial charge < -0.3 is 9.84 Å². The van der Waals surface area contributed by atoms with Gasteiger partial charge in [-0.3, -0.25) is 4.55 Å². The van der Waals surface area contributed by atoms with Crippen LogP contribution in [0.1, 0.15) is 83.1 Å². The average molecular weight is 449 g/mol. The zero-order valence-corrected chi connectivity index (χ0v) is 19.4. The highest BCUT2D eigenvalue weighted by Crippen LogP contribution is 2.30. The van der Waals surface area contributed by atoms with E-state index in [1.165, 1.54) is 88.3 Å². The highest BCUT2D eigenvalue weighted by atomic mass is 32.2. The molecule has 0 aromatic heterocycles. The van der Waals surface area contributed by atoms with Crippen LogP contribution in [0.25, 0.3) is 0 Å². The summed E-state index contributed by atoms with van der Waals surface area (Å²) in [5, 5.41) is 9.76. The molecule has 5 nitrogen and oxygen atoms in total. The summed E-state index contributed by atoms with van der Waals surface area (Å²) in [4.78, 5) is -0.540. The van der Waals surface area contributed by atoms with E-state index < -0.39 is 20.8 Å². The maximum absolute atomic E-state index is 11.1. The number of hydrogen-bond donors (Lipinski definition) is 2. The quantitative estimate of drug-likeness (QED) is 0.221. The lowest BCUT2D eigenvalue weighted by Crippen LogP contribution is -1.98. The Morgan fingerprint density at radius 3 is 1.77 bits per heavy atom. The molecule has 0 amide bonds. The van der Waals surface area contributed by atoms with Crippen LogP contribution in [-0.4, -0.2) is 18.1 Å². The van der Waals surface area contributed by atoms with E-state index in [2.05, 4.69) is 6.92 Å². The topological polar surface area (TPSA) is 83.8 Å². The lowest BCUT2D eigenvalue weighted by Gasteiger charge is -2.09. The van der Waals surface area contributed by atoms with Crippen molar-refractivity contribution in [2.75, 3.05) is 0 Å². The molecule has 0 aliphatic carbocycles. The van der Waals surface area contributed by atoms with Crippen LogP contribution in [0.4, 0.5) is 0 Å². The molecule has 0 radical (unpaired) electrons. The Labute approximate surface area is 187 Å². The molecule has 0 unspecified atom stereocenters. The number of unbranched alkanes of at least 4 members (excludes halogenated alkanes) is 10. The van der Waals surface area contributed by atoms with Gasteiger partial charge in [-0.2, -0.15) is 8.42 Å². The molecule has 0 fully saturated rings. The number of ether oxygens (including phenoxy) is 1. The van der Waals surface area contributed by atoms with E-state index in [1.54, 1.807) is 0 Å². The predicted molar refractivity (Wildman–Crippen MR) is 125 cm³/mol. The summed E-state index contributed by atoms with van der Waals surface area (Å²) in [5.41, 5.74) is 1.26. The van der Waals surface area contributed by atoms with Gasteiger partial charge in [0.1, 0.15) is 22.1 Å². The molecule has 172 valence electrons. The second-order valence-corrected chi connectivity index (χ2v) is 9.53. The first-order valence-corrected chi connectivity index (χ1v) is 12.9. The highest BCUT2D eigenvalue weighted by molar-refractivity contribution is 7.86. The molecular formula is C25H36O5S. The Balaban J connectivity index is 1.64. The molecule has 0 atom stereocenters. The normalized spacial score (nSPS) is 11.5. The Morgan fingerprint density at radius 2 is 1.26 bits per heavy atom. The van der Waals surface area contributed by atoms with Gasteiger partial charge in [0, 0.05) is 6.07 Å². The van der Waals surface area contributed by atoms with Gasteiger partial charge in [-0.15, -0.1) is 0 Å². The number of phenolic OH excluding ortho intramolecular Hbond substituents is 1. The standard InChI is InChI=1S/C25H36O5S/c1-2-3-4-5-6-7-8-9-10-11-12-13-21-14-16-22(17-15-21)30-23-18-19-25(24(26)20-23)31(27,28)29/h14-20,26H,2-13H2,1H3,(H,27,28,29). The van der Waals surface area contributed by atoms with Crippen molar-refractivity contribution >= 4 is 10.1 Å². The van der Waals surface area contributed by atoms with Gasteiger partial charge in [0.2, 0.25) is 0 Å². The molecule has 2 aromatic carbocycles. The number of aromatic hydroxyl groups is 1. The molecule has 2 aromatic rings. The van der Waals surface area contributed by atoms with Crippen molar-refractivity contribution in [1.82, 2.24) is 0 Å². The summed E-state index contributed by atoms with van der Waals surface area (Å²) in [5.74, 6) is 0.345. The fourth-order valence-electron chi connectivity index (χ4n) is 3.63. The minimum absolute atomic E-state index is 0.294. The third kappa shape index (κ3) is 9.74. The maximum Gasteiger partial charge on any atom is 0.298 e. The number of aryl methyl sites for hydroxylation is 1. The summed E-state index contributed by atoms with van der Waals surface area (Å²) in [6.45, 7) is 2.26. The van der Waals surface area contributed by atoms with Crippen molar-refractivity contribution in [1.29, 1.82) is 0 Å². The largest absolute Gasteiger partial charge is 0.506 e. The minimum Gasteiger partial charge on any atom is -0.506 e. The molecule has 2 rings (SSSR count). The fraction of sp³-hybridized carbons (Fsp3) is 0.520. The summed E-state index contributed by atoms with van der Waals surface area (Å²) in [7, 11) is -4.46. The molecule has 0 saturated heterocycles. The van der Waals surface area contributed by atoms with Gasteiger partial charge in [-0.05, 0) is 42.7 Å².